The number of amides is 2. The summed E-state index contributed by atoms with van der Waals surface area (Å²) in [5.41, 5.74) is 0.950. The SMILES string of the molecule is O=C(O)C[C@@H](CCO)C(=O)N1C(=O)OC[C@@H]1Cc1ccccc1. The number of hydrogen-bond acceptors (Lipinski definition) is 5. The fraction of sp³-hybridized carbons (Fsp3) is 0.438. The second kappa shape index (κ2) is 7.73. The Hall–Kier alpha value is -2.41. The van der Waals surface area contributed by atoms with E-state index in [0.717, 1.165) is 10.5 Å². The number of imide groups is 1. The maximum atomic E-state index is 12.5. The molecule has 1 aliphatic heterocycles. The number of cyclic esters (lactones) is 1. The molecule has 7 nitrogen and oxygen atoms in total. The molecule has 1 aromatic carbocycles. The van der Waals surface area contributed by atoms with Gasteiger partial charge in [-0.25, -0.2) is 9.69 Å². The Bertz CT molecular complexity index is 573. The minimum Gasteiger partial charge on any atom is -0.481 e. The van der Waals surface area contributed by atoms with Gasteiger partial charge >= 0.3 is 12.1 Å². The van der Waals surface area contributed by atoms with Gasteiger partial charge in [0, 0.05) is 6.61 Å². The highest BCUT2D eigenvalue weighted by Crippen LogP contribution is 2.22. The van der Waals surface area contributed by atoms with Crippen molar-refractivity contribution in [1.82, 2.24) is 4.90 Å². The number of carboxylic acids is 1. The summed E-state index contributed by atoms with van der Waals surface area (Å²) in [6.07, 6.45) is -0.755. The lowest BCUT2D eigenvalue weighted by molar-refractivity contribution is -0.144. The van der Waals surface area contributed by atoms with Gasteiger partial charge in [-0.05, 0) is 18.4 Å². The van der Waals surface area contributed by atoms with Crippen molar-refractivity contribution in [2.75, 3.05) is 13.2 Å². The molecule has 0 unspecified atom stereocenters. The van der Waals surface area contributed by atoms with Gasteiger partial charge < -0.3 is 14.9 Å². The van der Waals surface area contributed by atoms with Gasteiger partial charge in [-0.15, -0.1) is 0 Å². The van der Waals surface area contributed by atoms with Crippen LogP contribution in [0.3, 0.4) is 0 Å². The molecule has 0 saturated carbocycles. The molecular formula is C16H19NO6. The van der Waals surface area contributed by atoms with Crippen LogP contribution in [0, 0.1) is 5.92 Å². The van der Waals surface area contributed by atoms with E-state index in [2.05, 4.69) is 0 Å². The molecule has 1 aliphatic rings. The van der Waals surface area contributed by atoms with Crippen molar-refractivity contribution in [3.05, 3.63) is 35.9 Å². The van der Waals surface area contributed by atoms with Crippen LogP contribution in [0.25, 0.3) is 0 Å². The molecule has 0 aromatic heterocycles. The van der Waals surface area contributed by atoms with Gasteiger partial charge in [-0.1, -0.05) is 30.3 Å². The third kappa shape index (κ3) is 4.29. The summed E-state index contributed by atoms with van der Waals surface area (Å²) in [5.74, 6) is -2.70. The minimum atomic E-state index is -1.15. The van der Waals surface area contributed by atoms with Crippen LogP contribution in [-0.4, -0.2) is 52.3 Å². The lowest BCUT2D eigenvalue weighted by Crippen LogP contribution is -2.44. The van der Waals surface area contributed by atoms with Gasteiger partial charge in [-0.2, -0.15) is 0 Å². The van der Waals surface area contributed by atoms with E-state index in [4.69, 9.17) is 14.9 Å². The normalized spacial score (nSPS) is 18.6. The number of carbonyl (C=O) groups excluding carboxylic acids is 2. The van der Waals surface area contributed by atoms with Gasteiger partial charge in [0.2, 0.25) is 5.91 Å². The molecule has 2 amide bonds. The summed E-state index contributed by atoms with van der Waals surface area (Å²) in [4.78, 5) is 36.3. The third-order valence-electron chi connectivity index (χ3n) is 3.76. The summed E-state index contributed by atoms with van der Waals surface area (Å²) >= 11 is 0. The van der Waals surface area contributed by atoms with Crippen molar-refractivity contribution in [3.8, 4) is 0 Å². The summed E-state index contributed by atoms with van der Waals surface area (Å²) in [6, 6.07) is 8.89. The van der Waals surface area contributed by atoms with Crippen LogP contribution in [0.5, 0.6) is 0 Å². The van der Waals surface area contributed by atoms with Crippen molar-refractivity contribution in [2.45, 2.75) is 25.3 Å². The highest BCUT2D eigenvalue weighted by Gasteiger charge is 2.41. The number of benzene rings is 1. The highest BCUT2D eigenvalue weighted by atomic mass is 16.6. The zero-order valence-electron chi connectivity index (χ0n) is 12.6. The van der Waals surface area contributed by atoms with Crippen molar-refractivity contribution in [1.29, 1.82) is 0 Å². The van der Waals surface area contributed by atoms with E-state index >= 15 is 0 Å². The van der Waals surface area contributed by atoms with E-state index in [1.807, 2.05) is 30.3 Å². The van der Waals surface area contributed by atoms with Crippen LogP contribution in [0.2, 0.25) is 0 Å². The summed E-state index contributed by atoms with van der Waals surface area (Å²) in [7, 11) is 0. The Balaban J connectivity index is 2.14. The first-order valence-corrected chi connectivity index (χ1v) is 7.39. The van der Waals surface area contributed by atoms with E-state index in [0.29, 0.717) is 6.42 Å². The predicted octanol–water partition coefficient (Wildman–Crippen LogP) is 1.05. The fourth-order valence-electron chi connectivity index (χ4n) is 2.64. The second-order valence-electron chi connectivity index (χ2n) is 5.44. The fourth-order valence-corrected chi connectivity index (χ4v) is 2.64. The Morgan fingerprint density at radius 2 is 2.00 bits per heavy atom. The lowest BCUT2D eigenvalue weighted by atomic mass is 9.98. The predicted molar refractivity (Wildman–Crippen MR) is 79.6 cm³/mol. The van der Waals surface area contributed by atoms with E-state index in [9.17, 15) is 14.4 Å². The molecule has 1 saturated heterocycles. The minimum absolute atomic E-state index is 0.00697. The van der Waals surface area contributed by atoms with Gasteiger partial charge in [0.1, 0.15) is 6.61 Å². The van der Waals surface area contributed by atoms with Gasteiger partial charge in [-0.3, -0.25) is 9.59 Å². The van der Waals surface area contributed by atoms with Gasteiger partial charge in [0.15, 0.2) is 0 Å². The molecule has 0 spiro atoms. The summed E-state index contributed by atoms with van der Waals surface area (Å²) in [6.45, 7) is -0.242. The third-order valence-corrected chi connectivity index (χ3v) is 3.76. The largest absolute Gasteiger partial charge is 0.481 e. The van der Waals surface area contributed by atoms with Crippen LogP contribution in [0.4, 0.5) is 4.79 Å². The molecule has 0 bridgehead atoms. The molecule has 1 fully saturated rings. The molecule has 2 atom stereocenters. The van der Waals surface area contributed by atoms with Crippen molar-refractivity contribution in [2.24, 2.45) is 5.92 Å². The molecule has 23 heavy (non-hydrogen) atoms. The first-order chi connectivity index (χ1) is 11.0. The Morgan fingerprint density at radius 3 is 2.61 bits per heavy atom. The molecule has 1 aromatic rings. The molecular weight excluding hydrogens is 302 g/mol. The average Bonchev–Trinajstić information content (AvgIpc) is 2.87. The number of carbonyl (C=O) groups is 3. The maximum Gasteiger partial charge on any atom is 0.416 e. The van der Waals surface area contributed by atoms with Crippen LogP contribution in [0.15, 0.2) is 30.3 Å². The van der Waals surface area contributed by atoms with E-state index in [1.54, 1.807) is 0 Å². The van der Waals surface area contributed by atoms with Crippen molar-refractivity contribution in [3.63, 3.8) is 0 Å². The van der Waals surface area contributed by atoms with Crippen molar-refractivity contribution >= 4 is 18.0 Å². The number of aliphatic hydroxyl groups excluding tert-OH is 1. The van der Waals surface area contributed by atoms with Crippen molar-refractivity contribution < 1.29 is 29.3 Å². The molecule has 0 aliphatic carbocycles. The van der Waals surface area contributed by atoms with E-state index in [-0.39, 0.29) is 19.6 Å². The Kier molecular flexibility index (Phi) is 5.70. The Morgan fingerprint density at radius 1 is 1.30 bits per heavy atom. The van der Waals surface area contributed by atoms with Gasteiger partial charge in [0.25, 0.3) is 0 Å². The maximum absolute atomic E-state index is 12.5. The lowest BCUT2D eigenvalue weighted by Gasteiger charge is -2.24. The van der Waals surface area contributed by atoms with Gasteiger partial charge in [0.05, 0.1) is 18.4 Å². The van der Waals surface area contributed by atoms with E-state index in [1.165, 1.54) is 0 Å². The zero-order valence-corrected chi connectivity index (χ0v) is 12.6. The number of carboxylic acid groups (broad SMARTS) is 1. The quantitative estimate of drug-likeness (QED) is 0.778. The molecule has 2 rings (SSSR count). The molecule has 2 N–H and O–H groups in total. The average molecular weight is 321 g/mol. The monoisotopic (exact) mass is 321 g/mol. The van der Waals surface area contributed by atoms with Crippen LogP contribution in [0.1, 0.15) is 18.4 Å². The highest BCUT2D eigenvalue weighted by molar-refractivity contribution is 5.96. The standard InChI is InChI=1S/C16H19NO6/c18-7-6-12(9-14(19)20)15(21)17-13(10-23-16(17)22)8-11-4-2-1-3-5-11/h1-5,12-13,18H,6-10H2,(H,19,20)/t12-,13+/m1/s1. The number of aliphatic carboxylic acids is 1. The first-order valence-electron chi connectivity index (χ1n) is 7.39. The van der Waals surface area contributed by atoms with E-state index < -0.39 is 36.4 Å². The molecule has 1 heterocycles. The topological polar surface area (TPSA) is 104 Å². The molecule has 0 radical (unpaired) electrons. The number of ether oxygens (including phenoxy) is 1. The van der Waals surface area contributed by atoms with Crippen LogP contribution in [-0.2, 0) is 20.7 Å². The summed E-state index contributed by atoms with van der Waals surface area (Å²) < 4.78 is 4.96. The first kappa shape index (κ1) is 17.0. The number of rotatable bonds is 7. The second-order valence-corrected chi connectivity index (χ2v) is 5.44. The number of nitrogens with zero attached hydrogens (tertiary/aromatic N) is 1. The van der Waals surface area contributed by atoms with Crippen LogP contribution >= 0.6 is 0 Å². The molecule has 124 valence electrons. The van der Waals surface area contributed by atoms with Crippen LogP contribution < -0.4 is 0 Å². The zero-order chi connectivity index (χ0) is 16.8. The number of hydrogen-bond donors (Lipinski definition) is 2. The molecule has 7 heteroatoms. The number of aliphatic hydroxyl groups is 1. The Labute approximate surface area is 133 Å². The smallest absolute Gasteiger partial charge is 0.416 e. The summed E-state index contributed by atoms with van der Waals surface area (Å²) in [5, 5.41) is 17.9.